The minimum atomic E-state index is -0.240. The van der Waals surface area contributed by atoms with Crippen molar-refractivity contribution in [3.63, 3.8) is 0 Å². The predicted octanol–water partition coefficient (Wildman–Crippen LogP) is 6.66. The molecule has 158 valence electrons. The van der Waals surface area contributed by atoms with E-state index in [1.165, 1.54) is 0 Å². The molecule has 0 aliphatic rings. The third kappa shape index (κ3) is 8.82. The Labute approximate surface area is 177 Å². The fourth-order valence-electron chi connectivity index (χ4n) is 2.22. The number of carbonyl (C=O) groups excluding carboxylic acids is 1. The summed E-state index contributed by atoms with van der Waals surface area (Å²) >= 11 is 0. The molecule has 0 amide bonds. The molecule has 0 aromatic heterocycles. The van der Waals surface area contributed by atoms with Crippen LogP contribution in [-0.2, 0) is 14.3 Å². The number of allylic oxidation sites excluding steroid dienone is 9. The Hall–Kier alpha value is -2.81. The zero-order chi connectivity index (χ0) is 22.6. The van der Waals surface area contributed by atoms with E-state index in [-0.39, 0.29) is 30.5 Å². The van der Waals surface area contributed by atoms with Crippen LogP contribution in [0, 0.1) is 11.3 Å². The maximum absolute atomic E-state index is 12.2. The van der Waals surface area contributed by atoms with Gasteiger partial charge in [0.1, 0.15) is 19.0 Å². The molecule has 0 aromatic rings. The molecule has 0 saturated heterocycles. The van der Waals surface area contributed by atoms with Gasteiger partial charge in [-0.25, -0.2) is 0 Å². The van der Waals surface area contributed by atoms with Gasteiger partial charge in [-0.1, -0.05) is 97.0 Å². The monoisotopic (exact) mass is 396 g/mol. The van der Waals surface area contributed by atoms with Gasteiger partial charge in [0.05, 0.1) is 5.92 Å². The Morgan fingerprint density at radius 1 is 1.03 bits per heavy atom. The van der Waals surface area contributed by atoms with Crippen molar-refractivity contribution in [2.24, 2.45) is 11.3 Å². The van der Waals surface area contributed by atoms with E-state index in [0.29, 0.717) is 16.9 Å². The highest BCUT2D eigenvalue weighted by Gasteiger charge is 2.28. The number of carbonyl (C=O) groups is 1. The van der Waals surface area contributed by atoms with Crippen molar-refractivity contribution in [3.8, 4) is 0 Å². The van der Waals surface area contributed by atoms with Gasteiger partial charge in [-0.2, -0.15) is 0 Å². The maximum atomic E-state index is 12.2. The van der Waals surface area contributed by atoms with Crippen LogP contribution in [0.3, 0.4) is 0 Å². The van der Waals surface area contributed by atoms with Crippen LogP contribution in [0.2, 0.25) is 0 Å². The molecular formula is C26H36O3. The Kier molecular flexibility index (Phi) is 11.4. The van der Waals surface area contributed by atoms with Crippen molar-refractivity contribution >= 4 is 5.97 Å². The number of hydrogen-bond donors (Lipinski definition) is 0. The number of rotatable bonds is 12. The highest BCUT2D eigenvalue weighted by molar-refractivity contribution is 5.72. The van der Waals surface area contributed by atoms with Crippen molar-refractivity contribution < 1.29 is 14.3 Å². The van der Waals surface area contributed by atoms with Gasteiger partial charge in [-0.05, 0) is 23.5 Å². The van der Waals surface area contributed by atoms with Crippen LogP contribution in [0.4, 0.5) is 0 Å². The summed E-state index contributed by atoms with van der Waals surface area (Å²) < 4.78 is 11.4. The molecule has 0 N–H and O–H groups in total. The molecule has 0 saturated carbocycles. The molecule has 0 heterocycles. The first kappa shape index (κ1) is 26.2. The zero-order valence-electron chi connectivity index (χ0n) is 18.7. The highest BCUT2D eigenvalue weighted by Crippen LogP contribution is 2.28. The molecule has 1 atom stereocenters. The van der Waals surface area contributed by atoms with E-state index in [4.69, 9.17) is 9.47 Å². The summed E-state index contributed by atoms with van der Waals surface area (Å²) in [5, 5.41) is 0. The number of ether oxygens (including phenoxy) is 2. The second kappa shape index (κ2) is 12.6. The van der Waals surface area contributed by atoms with Crippen LogP contribution in [0.25, 0.3) is 0 Å². The van der Waals surface area contributed by atoms with Gasteiger partial charge in [0, 0.05) is 11.1 Å². The van der Waals surface area contributed by atoms with Gasteiger partial charge in [0.15, 0.2) is 0 Å². The fraction of sp³-hybridized carbons (Fsp3) is 0.346. The van der Waals surface area contributed by atoms with Crippen molar-refractivity contribution in [1.82, 2.24) is 0 Å². The molecule has 1 unspecified atom stereocenters. The molecule has 3 heteroatoms. The lowest BCUT2D eigenvalue weighted by Gasteiger charge is -2.25. The van der Waals surface area contributed by atoms with Crippen LogP contribution in [0.5, 0.6) is 0 Å². The molecule has 3 nitrogen and oxygen atoms in total. The minimum Gasteiger partial charge on any atom is -0.489 e. The van der Waals surface area contributed by atoms with E-state index in [1.807, 2.05) is 40.7 Å². The number of hydrogen-bond acceptors (Lipinski definition) is 3. The highest BCUT2D eigenvalue weighted by atomic mass is 16.6. The number of esters is 1. The topological polar surface area (TPSA) is 35.5 Å². The SMILES string of the molecule is C=C/C=C\C(=C)C(=C)/C(OCCOC(=O)C(C)C(C)(C)C)=C(C=C)/C(C)=C/C=C. The second-order valence-corrected chi connectivity index (χ2v) is 7.73. The Morgan fingerprint density at radius 2 is 1.62 bits per heavy atom. The normalized spacial score (nSPS) is 13.9. The average Bonchev–Trinajstić information content (AvgIpc) is 2.66. The minimum absolute atomic E-state index is 0.139. The summed E-state index contributed by atoms with van der Waals surface area (Å²) in [6, 6.07) is 0. The lowest BCUT2D eigenvalue weighted by atomic mass is 9.82. The van der Waals surface area contributed by atoms with E-state index in [0.717, 1.165) is 11.1 Å². The van der Waals surface area contributed by atoms with E-state index in [9.17, 15) is 4.79 Å². The Balaban J connectivity index is 5.49. The molecule has 0 aromatic carbocycles. The summed E-state index contributed by atoms with van der Waals surface area (Å²) in [5.41, 5.74) is 2.84. The molecule has 29 heavy (non-hydrogen) atoms. The predicted molar refractivity (Wildman–Crippen MR) is 124 cm³/mol. The summed E-state index contributed by atoms with van der Waals surface area (Å²) in [5.74, 6) is 0.0856. The van der Waals surface area contributed by atoms with E-state index < -0.39 is 0 Å². The molecule has 0 radical (unpaired) electrons. The van der Waals surface area contributed by atoms with Crippen molar-refractivity contribution in [3.05, 3.63) is 97.4 Å². The van der Waals surface area contributed by atoms with E-state index in [1.54, 1.807) is 30.4 Å². The lowest BCUT2D eigenvalue weighted by molar-refractivity contribution is -0.152. The van der Waals surface area contributed by atoms with Crippen molar-refractivity contribution in [2.75, 3.05) is 13.2 Å². The Morgan fingerprint density at radius 3 is 2.10 bits per heavy atom. The summed E-state index contributed by atoms with van der Waals surface area (Å²) in [6.45, 7) is 29.6. The van der Waals surface area contributed by atoms with Gasteiger partial charge in [-0.3, -0.25) is 4.79 Å². The van der Waals surface area contributed by atoms with Gasteiger partial charge in [-0.15, -0.1) is 0 Å². The van der Waals surface area contributed by atoms with Gasteiger partial charge >= 0.3 is 5.97 Å². The van der Waals surface area contributed by atoms with Gasteiger partial charge in [0.2, 0.25) is 0 Å². The second-order valence-electron chi connectivity index (χ2n) is 7.73. The van der Waals surface area contributed by atoms with Crippen molar-refractivity contribution in [2.45, 2.75) is 34.6 Å². The largest absolute Gasteiger partial charge is 0.489 e. The van der Waals surface area contributed by atoms with Crippen LogP contribution < -0.4 is 0 Å². The van der Waals surface area contributed by atoms with E-state index in [2.05, 4.69) is 32.9 Å². The standard InChI is InChI=1S/C26H36O3/c1-11-14-16-19(4)21(6)24(23(13-3)20(5)15-12-2)28-17-18-29-25(27)22(7)26(8,9)10/h11-16,22H,1-4,6,17-18H2,5,7-10H3/b16-14-,20-15+,24-23-. The van der Waals surface area contributed by atoms with Crippen molar-refractivity contribution in [1.29, 1.82) is 0 Å². The summed E-state index contributed by atoms with van der Waals surface area (Å²) in [7, 11) is 0. The molecule has 0 fully saturated rings. The third-order valence-electron chi connectivity index (χ3n) is 4.56. The molecule has 0 spiro atoms. The molecule has 0 aliphatic heterocycles. The third-order valence-corrected chi connectivity index (χ3v) is 4.56. The Bertz CT molecular complexity index is 736. The summed E-state index contributed by atoms with van der Waals surface area (Å²) in [6.07, 6.45) is 10.5. The molecule has 0 aliphatic carbocycles. The lowest BCUT2D eigenvalue weighted by Crippen LogP contribution is -2.28. The maximum Gasteiger partial charge on any atom is 0.309 e. The van der Waals surface area contributed by atoms with Crippen LogP contribution >= 0.6 is 0 Å². The van der Waals surface area contributed by atoms with Gasteiger partial charge < -0.3 is 9.47 Å². The van der Waals surface area contributed by atoms with Crippen LogP contribution in [0.15, 0.2) is 97.4 Å². The first-order valence-corrected chi connectivity index (χ1v) is 9.64. The first-order chi connectivity index (χ1) is 13.5. The van der Waals surface area contributed by atoms with E-state index >= 15 is 0 Å². The molecule has 0 rings (SSSR count). The smallest absolute Gasteiger partial charge is 0.309 e. The molecular weight excluding hydrogens is 360 g/mol. The molecule has 0 bridgehead atoms. The summed E-state index contributed by atoms with van der Waals surface area (Å²) in [4.78, 5) is 12.2. The zero-order valence-corrected chi connectivity index (χ0v) is 18.7. The fourth-order valence-corrected chi connectivity index (χ4v) is 2.22. The van der Waals surface area contributed by atoms with Crippen LogP contribution in [0.1, 0.15) is 34.6 Å². The first-order valence-electron chi connectivity index (χ1n) is 9.64. The quantitative estimate of drug-likeness (QED) is 0.160. The van der Waals surface area contributed by atoms with Crippen LogP contribution in [-0.4, -0.2) is 19.2 Å². The average molecular weight is 397 g/mol. The van der Waals surface area contributed by atoms with Gasteiger partial charge in [0.25, 0.3) is 0 Å².